The fraction of sp³-hybridized carbons (Fsp3) is 0.0833. The van der Waals surface area contributed by atoms with Crippen LogP contribution in [-0.2, 0) is 0 Å². The number of aromatic nitrogens is 4. The Morgan fingerprint density at radius 2 is 2.00 bits per heavy atom. The minimum Gasteiger partial charge on any atom is -0.325 e. The van der Waals surface area contributed by atoms with Gasteiger partial charge in [-0.05, 0) is 31.2 Å². The third kappa shape index (κ3) is 2.17. The van der Waals surface area contributed by atoms with Gasteiger partial charge in [-0.2, -0.15) is 9.50 Å². The van der Waals surface area contributed by atoms with E-state index in [4.69, 9.17) is 0 Å². The summed E-state index contributed by atoms with van der Waals surface area (Å²) in [5, 5.41) is 5.71. The second-order valence-electron chi connectivity index (χ2n) is 4.08. The van der Waals surface area contributed by atoms with Crippen molar-refractivity contribution in [1.82, 2.24) is 19.6 Å². The molecule has 2 N–H and O–H groups in total. The lowest BCUT2D eigenvalue weighted by Crippen LogP contribution is -2.14. The van der Waals surface area contributed by atoms with Gasteiger partial charge >= 0.3 is 0 Å². The Balaban J connectivity index is 2.00. The van der Waals surface area contributed by atoms with Crippen LogP contribution in [0.1, 0.15) is 5.69 Å². The number of hydrogen-bond donors (Lipinski definition) is 2. The van der Waals surface area contributed by atoms with Gasteiger partial charge in [0, 0.05) is 17.4 Å². The Labute approximate surface area is 106 Å². The normalized spacial score (nSPS) is 10.8. The second-order valence-corrected chi connectivity index (χ2v) is 4.08. The van der Waals surface area contributed by atoms with Gasteiger partial charge in [0.15, 0.2) is 0 Å². The Bertz CT molecular complexity index is 790. The van der Waals surface area contributed by atoms with Crippen molar-refractivity contribution in [3.8, 4) is 0 Å². The van der Waals surface area contributed by atoms with E-state index in [1.807, 2.05) is 0 Å². The van der Waals surface area contributed by atoms with Crippen LogP contribution in [0.4, 0.5) is 16.0 Å². The number of fused-ring (bicyclic) bond motifs is 1. The number of rotatable bonds is 2. The van der Waals surface area contributed by atoms with Gasteiger partial charge in [0.2, 0.25) is 5.95 Å². The molecule has 7 heteroatoms. The fourth-order valence-corrected chi connectivity index (χ4v) is 1.72. The summed E-state index contributed by atoms with van der Waals surface area (Å²) < 4.78 is 14.0. The first-order valence-corrected chi connectivity index (χ1v) is 5.61. The average molecular weight is 259 g/mol. The molecule has 0 amide bonds. The zero-order valence-corrected chi connectivity index (χ0v) is 10.0. The fourth-order valence-electron chi connectivity index (χ4n) is 1.72. The lowest BCUT2D eigenvalue weighted by Gasteiger charge is -2.00. The van der Waals surface area contributed by atoms with Gasteiger partial charge in [-0.25, -0.2) is 9.37 Å². The van der Waals surface area contributed by atoms with Gasteiger partial charge in [0.05, 0.1) is 0 Å². The van der Waals surface area contributed by atoms with Crippen LogP contribution in [0.15, 0.2) is 35.1 Å². The number of anilines is 2. The molecule has 1 aromatic carbocycles. The Morgan fingerprint density at radius 3 is 2.74 bits per heavy atom. The lowest BCUT2D eigenvalue weighted by molar-refractivity contribution is 0.628. The first kappa shape index (κ1) is 11.4. The molecule has 2 aromatic heterocycles. The van der Waals surface area contributed by atoms with Gasteiger partial charge in [0.1, 0.15) is 5.82 Å². The summed E-state index contributed by atoms with van der Waals surface area (Å²) in [6.07, 6.45) is 0. The number of halogens is 1. The van der Waals surface area contributed by atoms with Crippen LogP contribution in [0.5, 0.6) is 0 Å². The third-order valence-electron chi connectivity index (χ3n) is 2.57. The summed E-state index contributed by atoms with van der Waals surface area (Å²) in [6, 6.07) is 7.22. The molecule has 0 aliphatic rings. The smallest absolute Gasteiger partial charge is 0.274 e. The molecule has 2 heterocycles. The summed E-state index contributed by atoms with van der Waals surface area (Å²) in [6.45, 7) is 1.73. The van der Waals surface area contributed by atoms with E-state index in [2.05, 4.69) is 20.4 Å². The topological polar surface area (TPSA) is 75.1 Å². The van der Waals surface area contributed by atoms with Crippen LogP contribution in [0.25, 0.3) is 5.78 Å². The quantitative estimate of drug-likeness (QED) is 0.733. The monoisotopic (exact) mass is 259 g/mol. The number of H-pyrrole nitrogens is 1. The number of aromatic amines is 1. The maximum absolute atomic E-state index is 12.8. The van der Waals surface area contributed by atoms with Gasteiger partial charge < -0.3 is 5.32 Å². The van der Waals surface area contributed by atoms with Crippen LogP contribution in [0, 0.1) is 12.7 Å². The summed E-state index contributed by atoms with van der Waals surface area (Å²) in [5.41, 5.74) is 1.03. The van der Waals surface area contributed by atoms with Crippen LogP contribution in [0.2, 0.25) is 0 Å². The van der Waals surface area contributed by atoms with Crippen molar-refractivity contribution in [2.45, 2.75) is 6.92 Å². The standard InChI is InChI=1S/C12H10FN5O/c1-7-6-10(19)18-12(14-7)16-11(17-18)15-9-4-2-8(13)3-5-9/h2-6H,1H3,(H2,14,15,16,17). The predicted octanol–water partition coefficient (Wildman–Crippen LogP) is 1.61. The molecule has 0 saturated carbocycles. The molecule has 0 saturated heterocycles. The van der Waals surface area contributed by atoms with E-state index < -0.39 is 0 Å². The van der Waals surface area contributed by atoms with Crippen molar-refractivity contribution in [3.05, 3.63) is 52.2 Å². The molecule has 0 spiro atoms. The van der Waals surface area contributed by atoms with Crippen LogP contribution < -0.4 is 10.9 Å². The molecule has 0 atom stereocenters. The number of nitrogens with zero attached hydrogens (tertiary/aromatic N) is 3. The summed E-state index contributed by atoms with van der Waals surface area (Å²) in [4.78, 5) is 20.0. The van der Waals surface area contributed by atoms with Crippen LogP contribution in [-0.4, -0.2) is 19.6 Å². The summed E-state index contributed by atoms with van der Waals surface area (Å²) in [7, 11) is 0. The summed E-state index contributed by atoms with van der Waals surface area (Å²) >= 11 is 0. The lowest BCUT2D eigenvalue weighted by atomic mass is 10.3. The van der Waals surface area contributed by atoms with E-state index in [1.54, 1.807) is 19.1 Å². The molecular formula is C12H10FN5O. The van der Waals surface area contributed by atoms with Crippen molar-refractivity contribution < 1.29 is 4.39 Å². The van der Waals surface area contributed by atoms with Crippen LogP contribution in [0.3, 0.4) is 0 Å². The predicted molar refractivity (Wildman–Crippen MR) is 68.0 cm³/mol. The molecule has 0 unspecified atom stereocenters. The van der Waals surface area contributed by atoms with E-state index in [1.165, 1.54) is 22.7 Å². The second kappa shape index (κ2) is 4.20. The Kier molecular flexibility index (Phi) is 2.52. The van der Waals surface area contributed by atoms with Gasteiger partial charge in [0.25, 0.3) is 11.3 Å². The van der Waals surface area contributed by atoms with Gasteiger partial charge in [-0.1, -0.05) is 0 Å². The molecule has 19 heavy (non-hydrogen) atoms. The average Bonchev–Trinajstić information content (AvgIpc) is 2.75. The van der Waals surface area contributed by atoms with E-state index in [0.29, 0.717) is 17.3 Å². The highest BCUT2D eigenvalue weighted by Gasteiger charge is 2.06. The van der Waals surface area contributed by atoms with Crippen molar-refractivity contribution in [1.29, 1.82) is 0 Å². The minimum atomic E-state index is -0.316. The van der Waals surface area contributed by atoms with E-state index in [-0.39, 0.29) is 17.2 Å². The van der Waals surface area contributed by atoms with Gasteiger partial charge in [-0.3, -0.25) is 9.89 Å². The first-order valence-electron chi connectivity index (χ1n) is 5.61. The van der Waals surface area contributed by atoms with E-state index >= 15 is 0 Å². The molecule has 0 aliphatic heterocycles. The Morgan fingerprint density at radius 1 is 1.26 bits per heavy atom. The number of aryl methyl sites for hydroxylation is 1. The third-order valence-corrected chi connectivity index (χ3v) is 2.57. The molecule has 3 aromatic rings. The molecule has 0 aliphatic carbocycles. The molecule has 3 rings (SSSR count). The number of hydrogen-bond acceptors (Lipinski definition) is 4. The SMILES string of the molecule is Cc1cc(=O)n2[nH]c(Nc3ccc(F)cc3)nc2n1. The highest BCUT2D eigenvalue weighted by molar-refractivity contribution is 5.54. The largest absolute Gasteiger partial charge is 0.325 e. The number of nitrogens with one attached hydrogen (secondary N) is 2. The minimum absolute atomic E-state index is 0.234. The molecular weight excluding hydrogens is 249 g/mol. The zero-order valence-electron chi connectivity index (χ0n) is 10.0. The van der Waals surface area contributed by atoms with E-state index in [0.717, 1.165) is 0 Å². The maximum atomic E-state index is 12.8. The van der Waals surface area contributed by atoms with Crippen molar-refractivity contribution in [3.63, 3.8) is 0 Å². The zero-order chi connectivity index (χ0) is 13.4. The molecule has 96 valence electrons. The van der Waals surface area contributed by atoms with Crippen molar-refractivity contribution >= 4 is 17.4 Å². The molecule has 0 radical (unpaired) electrons. The molecule has 0 fully saturated rings. The van der Waals surface area contributed by atoms with Crippen molar-refractivity contribution in [2.24, 2.45) is 0 Å². The maximum Gasteiger partial charge on any atom is 0.274 e. The van der Waals surface area contributed by atoms with Crippen LogP contribution >= 0.6 is 0 Å². The highest BCUT2D eigenvalue weighted by atomic mass is 19.1. The molecule has 6 nitrogen and oxygen atoms in total. The highest BCUT2D eigenvalue weighted by Crippen LogP contribution is 2.13. The molecule has 0 bridgehead atoms. The summed E-state index contributed by atoms with van der Waals surface area (Å²) in [5.74, 6) is 0.333. The Hall–Kier alpha value is -2.70. The number of benzene rings is 1. The van der Waals surface area contributed by atoms with Crippen molar-refractivity contribution in [2.75, 3.05) is 5.32 Å². The van der Waals surface area contributed by atoms with E-state index in [9.17, 15) is 9.18 Å². The van der Waals surface area contributed by atoms with Gasteiger partial charge in [-0.15, -0.1) is 0 Å². The first-order chi connectivity index (χ1) is 9.11.